The maximum absolute atomic E-state index is 6.02. The van der Waals surface area contributed by atoms with Crippen molar-refractivity contribution in [1.82, 2.24) is 9.55 Å². The van der Waals surface area contributed by atoms with E-state index >= 15 is 0 Å². The van der Waals surface area contributed by atoms with Crippen molar-refractivity contribution in [3.8, 4) is 39.6 Å². The van der Waals surface area contributed by atoms with E-state index in [2.05, 4.69) is 114 Å². The number of hydrogen-bond acceptors (Lipinski definition) is 1. The van der Waals surface area contributed by atoms with Gasteiger partial charge in [0.2, 0.25) is 0 Å². The Morgan fingerprint density at radius 3 is 1.58 bits per heavy atom. The Morgan fingerprint density at radius 2 is 1.00 bits per heavy atom. The molecule has 0 bridgehead atoms. The Balaban J connectivity index is 1.49. The average molecular weight is 509 g/mol. The molecule has 0 radical (unpaired) electrons. The highest BCUT2D eigenvalue weighted by Crippen LogP contribution is 2.38. The second kappa shape index (κ2) is 10.8. The number of hydrogen-bond donors (Lipinski definition) is 0. The zero-order valence-electron chi connectivity index (χ0n) is 20.7. The number of nitrogens with zero attached hydrogens (tertiary/aromatic N) is 2. The molecule has 0 aliphatic heterocycles. The predicted molar refractivity (Wildman–Crippen MR) is 160 cm³/mol. The lowest BCUT2D eigenvalue weighted by Crippen LogP contribution is -2.00. The summed E-state index contributed by atoms with van der Waals surface area (Å²) in [5, 5.41) is 0.741. The summed E-state index contributed by atoms with van der Waals surface area (Å²) in [5.74, 6) is 0.905. The smallest absolute Gasteiger partial charge is 0.145 e. The minimum atomic E-state index is 0.741. The fourth-order valence-corrected chi connectivity index (χ4v) is 4.74. The third-order valence-electron chi connectivity index (χ3n) is 6.49. The highest BCUT2D eigenvalue weighted by atomic mass is 35.5. The van der Waals surface area contributed by atoms with Crippen LogP contribution in [-0.2, 0) is 0 Å². The molecule has 0 spiro atoms. The molecule has 0 saturated carbocycles. The standard InChI is InChI=1S/C35H25ClN2/c36-31-24-20-27(21-25-31)17-16-26-18-22-30(23-19-26)35-37-33(28-10-4-1-5-11-28)34(29-12-6-2-7-13-29)38(35)32-14-8-3-9-15-32/h1-25H/b17-16+. The number of aromatic nitrogens is 2. The molecule has 1 aromatic heterocycles. The van der Waals surface area contributed by atoms with E-state index in [0.717, 1.165) is 55.7 Å². The van der Waals surface area contributed by atoms with Crippen LogP contribution in [0.25, 0.3) is 51.7 Å². The first kappa shape index (κ1) is 23.7. The molecule has 0 aliphatic rings. The van der Waals surface area contributed by atoms with Gasteiger partial charge in [0.25, 0.3) is 0 Å². The van der Waals surface area contributed by atoms with Crippen LogP contribution in [0.4, 0.5) is 0 Å². The molecule has 5 aromatic carbocycles. The van der Waals surface area contributed by atoms with Crippen LogP contribution in [0.2, 0.25) is 5.02 Å². The van der Waals surface area contributed by atoms with Crippen LogP contribution in [0.5, 0.6) is 0 Å². The van der Waals surface area contributed by atoms with E-state index in [1.54, 1.807) is 0 Å². The molecule has 0 atom stereocenters. The topological polar surface area (TPSA) is 17.8 Å². The molecule has 2 nitrogen and oxygen atoms in total. The van der Waals surface area contributed by atoms with E-state index in [-0.39, 0.29) is 0 Å². The van der Waals surface area contributed by atoms with E-state index in [4.69, 9.17) is 16.6 Å². The normalized spacial score (nSPS) is 11.2. The second-order valence-corrected chi connectivity index (χ2v) is 9.48. The lowest BCUT2D eigenvalue weighted by Gasteiger charge is -2.14. The van der Waals surface area contributed by atoms with Crippen molar-refractivity contribution in [2.24, 2.45) is 0 Å². The first-order chi connectivity index (χ1) is 18.8. The van der Waals surface area contributed by atoms with Gasteiger partial charge in [0.1, 0.15) is 5.82 Å². The van der Waals surface area contributed by atoms with Gasteiger partial charge in [-0.05, 0) is 35.4 Å². The Morgan fingerprint density at radius 1 is 0.500 bits per heavy atom. The first-order valence-corrected chi connectivity index (χ1v) is 13.0. The zero-order chi connectivity index (χ0) is 25.7. The van der Waals surface area contributed by atoms with E-state index in [9.17, 15) is 0 Å². The minimum absolute atomic E-state index is 0.741. The summed E-state index contributed by atoms with van der Waals surface area (Å²) in [7, 11) is 0. The molecule has 6 rings (SSSR count). The van der Waals surface area contributed by atoms with Gasteiger partial charge < -0.3 is 0 Å². The molecule has 182 valence electrons. The molecular weight excluding hydrogens is 484 g/mol. The van der Waals surface area contributed by atoms with Gasteiger partial charge in [0, 0.05) is 27.4 Å². The van der Waals surface area contributed by atoms with Gasteiger partial charge >= 0.3 is 0 Å². The predicted octanol–water partition coefficient (Wildman–Crippen LogP) is 9.70. The van der Waals surface area contributed by atoms with Gasteiger partial charge in [-0.15, -0.1) is 0 Å². The maximum Gasteiger partial charge on any atom is 0.145 e. The van der Waals surface area contributed by atoms with Crippen molar-refractivity contribution < 1.29 is 0 Å². The van der Waals surface area contributed by atoms with Crippen LogP contribution < -0.4 is 0 Å². The summed E-state index contributed by atoms with van der Waals surface area (Å²) in [6.07, 6.45) is 4.21. The summed E-state index contributed by atoms with van der Waals surface area (Å²) in [5.41, 5.74) is 8.60. The van der Waals surface area contributed by atoms with Crippen molar-refractivity contribution in [2.45, 2.75) is 0 Å². The molecule has 0 unspecified atom stereocenters. The Bertz CT molecular complexity index is 1670. The van der Waals surface area contributed by atoms with Gasteiger partial charge in [-0.2, -0.15) is 0 Å². The Hall–Kier alpha value is -4.66. The maximum atomic E-state index is 6.02. The quantitative estimate of drug-likeness (QED) is 0.205. The number of para-hydroxylation sites is 1. The van der Waals surface area contributed by atoms with Crippen molar-refractivity contribution in [3.63, 3.8) is 0 Å². The van der Waals surface area contributed by atoms with Gasteiger partial charge in [0.15, 0.2) is 0 Å². The molecule has 0 N–H and O–H groups in total. The van der Waals surface area contributed by atoms with Crippen LogP contribution in [0, 0.1) is 0 Å². The summed E-state index contributed by atoms with van der Waals surface area (Å²) < 4.78 is 2.27. The summed E-state index contributed by atoms with van der Waals surface area (Å²) in [4.78, 5) is 5.27. The monoisotopic (exact) mass is 508 g/mol. The van der Waals surface area contributed by atoms with Crippen LogP contribution in [0.1, 0.15) is 11.1 Å². The minimum Gasteiger partial charge on any atom is -0.292 e. The summed E-state index contributed by atoms with van der Waals surface area (Å²) in [6.45, 7) is 0. The number of imidazole rings is 1. The van der Waals surface area contributed by atoms with E-state index < -0.39 is 0 Å². The molecule has 6 aromatic rings. The number of rotatable bonds is 6. The lowest BCUT2D eigenvalue weighted by atomic mass is 10.0. The Kier molecular flexibility index (Phi) is 6.72. The molecule has 3 heteroatoms. The summed E-state index contributed by atoms with van der Waals surface area (Å²) in [6, 6.07) is 47.8. The van der Waals surface area contributed by atoms with Crippen LogP contribution in [0.15, 0.2) is 140 Å². The van der Waals surface area contributed by atoms with Crippen molar-refractivity contribution >= 4 is 23.8 Å². The van der Waals surface area contributed by atoms with Gasteiger partial charge in [-0.25, -0.2) is 4.98 Å². The molecule has 0 aliphatic carbocycles. The van der Waals surface area contributed by atoms with E-state index in [1.165, 1.54) is 0 Å². The van der Waals surface area contributed by atoms with Gasteiger partial charge in [-0.3, -0.25) is 4.57 Å². The van der Waals surface area contributed by atoms with E-state index in [1.807, 2.05) is 42.5 Å². The Labute approximate surface area is 228 Å². The third kappa shape index (κ3) is 4.95. The van der Waals surface area contributed by atoms with Crippen LogP contribution >= 0.6 is 11.6 Å². The van der Waals surface area contributed by atoms with Crippen LogP contribution in [-0.4, -0.2) is 9.55 Å². The SMILES string of the molecule is Clc1ccc(/C=C/c2ccc(-c3nc(-c4ccccc4)c(-c4ccccc4)n3-c3ccccc3)cc2)cc1. The average Bonchev–Trinajstić information content (AvgIpc) is 3.39. The molecule has 38 heavy (non-hydrogen) atoms. The highest BCUT2D eigenvalue weighted by Gasteiger charge is 2.22. The molecular formula is C35H25ClN2. The largest absolute Gasteiger partial charge is 0.292 e. The van der Waals surface area contributed by atoms with Gasteiger partial charge in [-0.1, -0.05) is 139 Å². The van der Waals surface area contributed by atoms with Crippen molar-refractivity contribution in [2.75, 3.05) is 0 Å². The fourth-order valence-electron chi connectivity index (χ4n) is 4.61. The third-order valence-corrected chi connectivity index (χ3v) is 6.75. The van der Waals surface area contributed by atoms with Crippen molar-refractivity contribution in [1.29, 1.82) is 0 Å². The highest BCUT2D eigenvalue weighted by molar-refractivity contribution is 6.30. The number of halogens is 1. The molecule has 0 fully saturated rings. The first-order valence-electron chi connectivity index (χ1n) is 12.6. The van der Waals surface area contributed by atoms with E-state index in [0.29, 0.717) is 0 Å². The molecule has 0 saturated heterocycles. The van der Waals surface area contributed by atoms with Crippen molar-refractivity contribution in [3.05, 3.63) is 156 Å². The lowest BCUT2D eigenvalue weighted by molar-refractivity contribution is 1.07. The molecule has 1 heterocycles. The van der Waals surface area contributed by atoms with Gasteiger partial charge in [0.05, 0.1) is 11.4 Å². The number of benzene rings is 5. The van der Waals surface area contributed by atoms with Crippen LogP contribution in [0.3, 0.4) is 0 Å². The fraction of sp³-hybridized carbons (Fsp3) is 0. The summed E-state index contributed by atoms with van der Waals surface area (Å²) >= 11 is 6.02. The molecule has 0 amide bonds. The zero-order valence-corrected chi connectivity index (χ0v) is 21.5. The second-order valence-electron chi connectivity index (χ2n) is 9.04.